The number of amides is 1. The van der Waals surface area contributed by atoms with E-state index in [9.17, 15) is 4.79 Å². The van der Waals surface area contributed by atoms with E-state index in [1.807, 2.05) is 31.2 Å². The summed E-state index contributed by atoms with van der Waals surface area (Å²) in [5, 5.41) is 6.68. The Hall–Kier alpha value is -3.05. The van der Waals surface area contributed by atoms with E-state index < -0.39 is 0 Å². The molecule has 1 amide bonds. The molecular formula is C25H23N3OS. The number of aryl methyl sites for hydroxylation is 1. The molecule has 0 bridgehead atoms. The van der Waals surface area contributed by atoms with Crippen LogP contribution in [-0.4, -0.2) is 21.6 Å². The number of nitrogens with zero attached hydrogens (tertiary/aromatic N) is 3. The van der Waals surface area contributed by atoms with Crippen molar-refractivity contribution in [2.24, 2.45) is 11.0 Å². The molecule has 0 saturated heterocycles. The first-order chi connectivity index (χ1) is 14.7. The number of fused-ring (bicyclic) bond motifs is 1. The van der Waals surface area contributed by atoms with Crippen LogP contribution in [0.15, 0.2) is 76.8 Å². The van der Waals surface area contributed by atoms with Crippen LogP contribution < -0.4 is 0 Å². The van der Waals surface area contributed by atoms with Gasteiger partial charge >= 0.3 is 0 Å². The van der Waals surface area contributed by atoms with Crippen LogP contribution in [0.3, 0.4) is 0 Å². The van der Waals surface area contributed by atoms with Crippen LogP contribution in [0.25, 0.3) is 6.08 Å². The van der Waals surface area contributed by atoms with Gasteiger partial charge in [-0.15, -0.1) is 11.3 Å². The molecule has 1 aliphatic heterocycles. The number of rotatable bonds is 3. The Bertz CT molecular complexity index is 1120. The fraction of sp³-hybridized carbons (Fsp3) is 0.240. The Kier molecular flexibility index (Phi) is 5.05. The largest absolute Gasteiger partial charge is 0.286 e. The molecule has 2 heterocycles. The second-order valence-corrected chi connectivity index (χ2v) is 8.69. The zero-order valence-corrected chi connectivity index (χ0v) is 17.7. The van der Waals surface area contributed by atoms with E-state index in [0.29, 0.717) is 4.88 Å². The third-order valence-electron chi connectivity index (χ3n) is 5.93. The molecule has 0 radical (unpaired) electrons. The van der Waals surface area contributed by atoms with Gasteiger partial charge in [0, 0.05) is 5.92 Å². The number of hydrazone groups is 1. The summed E-state index contributed by atoms with van der Waals surface area (Å²) in [6.07, 6.45) is 5.37. The lowest BCUT2D eigenvalue weighted by Crippen LogP contribution is -2.31. The van der Waals surface area contributed by atoms with Crippen LogP contribution in [0.4, 0.5) is 0 Å². The van der Waals surface area contributed by atoms with Crippen LogP contribution >= 0.6 is 11.3 Å². The number of hydrogen-bond acceptors (Lipinski definition) is 4. The maximum Gasteiger partial charge on any atom is 0.286 e. The first-order valence-electron chi connectivity index (χ1n) is 10.4. The second-order valence-electron chi connectivity index (χ2n) is 7.84. The summed E-state index contributed by atoms with van der Waals surface area (Å²) in [4.78, 5) is 18.4. The summed E-state index contributed by atoms with van der Waals surface area (Å²) in [5.74, 6) is 0.165. The maximum atomic E-state index is 13.5. The minimum absolute atomic E-state index is 0.0511. The fourth-order valence-electron chi connectivity index (χ4n) is 4.51. The monoisotopic (exact) mass is 413 g/mol. The normalized spacial score (nSPS) is 22.1. The molecule has 30 heavy (non-hydrogen) atoms. The molecule has 3 aromatic rings. The average molecular weight is 414 g/mol. The molecule has 4 nitrogen and oxygen atoms in total. The molecule has 0 N–H and O–H groups in total. The van der Waals surface area contributed by atoms with Crippen molar-refractivity contribution in [1.29, 1.82) is 0 Å². The van der Waals surface area contributed by atoms with Gasteiger partial charge in [0.15, 0.2) is 0 Å². The number of hydrogen-bond donors (Lipinski definition) is 0. The highest BCUT2D eigenvalue weighted by molar-refractivity contribution is 7.11. The summed E-state index contributed by atoms with van der Waals surface area (Å²) in [6, 6.07) is 20.6. The minimum Gasteiger partial charge on any atom is -0.266 e. The van der Waals surface area contributed by atoms with E-state index in [1.54, 1.807) is 10.5 Å². The number of carbonyl (C=O) groups excluding carboxylic acids is 1. The molecule has 150 valence electrons. The fourth-order valence-corrected chi connectivity index (χ4v) is 5.25. The van der Waals surface area contributed by atoms with E-state index in [2.05, 4.69) is 47.5 Å². The van der Waals surface area contributed by atoms with Crippen LogP contribution in [0.1, 0.15) is 51.8 Å². The molecule has 1 aliphatic carbocycles. The molecule has 0 spiro atoms. The van der Waals surface area contributed by atoms with Gasteiger partial charge in [-0.3, -0.25) is 4.79 Å². The summed E-state index contributed by atoms with van der Waals surface area (Å²) >= 11 is 1.39. The summed E-state index contributed by atoms with van der Waals surface area (Å²) < 4.78 is 0. The highest BCUT2D eigenvalue weighted by atomic mass is 32.1. The molecule has 1 saturated carbocycles. The maximum absolute atomic E-state index is 13.5. The quantitative estimate of drug-likeness (QED) is 0.537. The van der Waals surface area contributed by atoms with Gasteiger partial charge in [-0.1, -0.05) is 60.7 Å². The zero-order chi connectivity index (χ0) is 20.5. The second kappa shape index (κ2) is 8.00. The van der Waals surface area contributed by atoms with Gasteiger partial charge in [0.25, 0.3) is 5.91 Å². The van der Waals surface area contributed by atoms with Crippen molar-refractivity contribution < 1.29 is 4.79 Å². The summed E-state index contributed by atoms with van der Waals surface area (Å²) in [7, 11) is 0. The van der Waals surface area contributed by atoms with Crippen molar-refractivity contribution in [2.45, 2.75) is 32.2 Å². The third-order valence-corrected chi connectivity index (χ3v) is 6.85. The zero-order valence-electron chi connectivity index (χ0n) is 16.9. The van der Waals surface area contributed by atoms with E-state index in [1.165, 1.54) is 22.5 Å². The molecule has 1 fully saturated rings. The summed E-state index contributed by atoms with van der Waals surface area (Å²) in [5.41, 5.74) is 7.13. The van der Waals surface area contributed by atoms with Crippen molar-refractivity contribution in [2.75, 3.05) is 0 Å². The van der Waals surface area contributed by atoms with E-state index in [0.717, 1.165) is 36.2 Å². The number of carbonyl (C=O) groups is 1. The van der Waals surface area contributed by atoms with Crippen LogP contribution in [0.5, 0.6) is 0 Å². The van der Waals surface area contributed by atoms with Crippen molar-refractivity contribution >= 4 is 29.0 Å². The van der Waals surface area contributed by atoms with Gasteiger partial charge in [0.05, 0.1) is 23.0 Å². The van der Waals surface area contributed by atoms with Crippen LogP contribution in [0, 0.1) is 12.8 Å². The van der Waals surface area contributed by atoms with Crippen molar-refractivity contribution in [3.05, 3.63) is 93.4 Å². The highest BCUT2D eigenvalue weighted by Crippen LogP contribution is 2.45. The number of benzene rings is 2. The molecule has 5 heteroatoms. The Morgan fingerprint density at radius 3 is 2.53 bits per heavy atom. The SMILES string of the molecule is Cc1ncsc1C(=O)N1N=C2C(=Cc3ccccc3)CCC[C@@H]2[C@H]1c1ccccc1. The van der Waals surface area contributed by atoms with E-state index >= 15 is 0 Å². The van der Waals surface area contributed by atoms with Gasteiger partial charge in [-0.25, -0.2) is 9.99 Å². The van der Waals surface area contributed by atoms with Crippen molar-refractivity contribution in [1.82, 2.24) is 9.99 Å². The molecule has 2 atom stereocenters. The van der Waals surface area contributed by atoms with Crippen molar-refractivity contribution in [3.8, 4) is 0 Å². The Balaban J connectivity index is 1.59. The Morgan fingerprint density at radius 2 is 1.83 bits per heavy atom. The Labute approximate surface area is 180 Å². The molecule has 1 aromatic heterocycles. The first kappa shape index (κ1) is 18.9. The predicted octanol–water partition coefficient (Wildman–Crippen LogP) is 5.89. The van der Waals surface area contributed by atoms with E-state index in [4.69, 9.17) is 5.10 Å². The summed E-state index contributed by atoms with van der Waals surface area (Å²) in [6.45, 7) is 1.89. The third kappa shape index (κ3) is 3.39. The van der Waals surface area contributed by atoms with Gasteiger partial charge in [-0.2, -0.15) is 5.10 Å². The number of allylic oxidation sites excluding steroid dienone is 1. The van der Waals surface area contributed by atoms with Gasteiger partial charge in [0.2, 0.25) is 0 Å². The average Bonchev–Trinajstić information content (AvgIpc) is 3.39. The molecule has 5 rings (SSSR count). The smallest absolute Gasteiger partial charge is 0.266 e. The topological polar surface area (TPSA) is 45.6 Å². The molecule has 2 aromatic carbocycles. The Morgan fingerprint density at radius 1 is 1.10 bits per heavy atom. The standard InChI is InChI=1S/C25H23N3OS/c1-17-24(30-16-26-17)25(29)28-23(19-11-6-3-7-12-19)21-14-8-13-20(22(21)27-28)15-18-9-4-2-5-10-18/h2-7,9-12,15-16,21,23H,8,13-14H2,1H3/t21-,23+/m0/s1. The van der Waals surface area contributed by atoms with Gasteiger partial charge in [0.1, 0.15) is 4.88 Å². The van der Waals surface area contributed by atoms with Crippen molar-refractivity contribution in [3.63, 3.8) is 0 Å². The lowest BCUT2D eigenvalue weighted by atomic mass is 9.77. The van der Waals surface area contributed by atoms with Crippen LogP contribution in [0.2, 0.25) is 0 Å². The molecular weight excluding hydrogens is 390 g/mol. The first-order valence-corrected chi connectivity index (χ1v) is 11.2. The predicted molar refractivity (Wildman–Crippen MR) is 121 cm³/mol. The number of thiazole rings is 1. The van der Waals surface area contributed by atoms with Crippen LogP contribution in [-0.2, 0) is 0 Å². The minimum atomic E-state index is -0.0744. The van der Waals surface area contributed by atoms with Gasteiger partial charge in [-0.05, 0) is 49.0 Å². The van der Waals surface area contributed by atoms with E-state index in [-0.39, 0.29) is 17.9 Å². The molecule has 2 aliphatic rings. The lowest BCUT2D eigenvalue weighted by Gasteiger charge is -2.29. The highest BCUT2D eigenvalue weighted by Gasteiger charge is 2.44. The van der Waals surface area contributed by atoms with Gasteiger partial charge < -0.3 is 0 Å². The molecule has 0 unspecified atom stereocenters. The lowest BCUT2D eigenvalue weighted by molar-refractivity contribution is 0.0685. The number of aromatic nitrogens is 1.